The molecule has 0 fully saturated rings. The van der Waals surface area contributed by atoms with Crippen LogP contribution in [0.3, 0.4) is 0 Å². The second-order valence-corrected chi connectivity index (χ2v) is 17.1. The van der Waals surface area contributed by atoms with E-state index in [0.29, 0.717) is 24.7 Å². The van der Waals surface area contributed by atoms with Gasteiger partial charge in [-0.15, -0.1) is 0 Å². The van der Waals surface area contributed by atoms with Crippen LogP contribution in [-0.2, 0) is 28.7 Å². The van der Waals surface area contributed by atoms with Crippen LogP contribution in [0.25, 0.3) is 0 Å². The fourth-order valence-corrected chi connectivity index (χ4v) is 6.60. The SMILES string of the molecule is C/C(=C\C(=O)OC(=O)C(O)C(O)C(=O)OC(=O)/C=C(\C)CCC[C@H](C)CCC[C@H](C)CCCC(C)C)CCC[C@H](C)CCC[C@H](C)CCCC(C)C. The third-order valence-corrected chi connectivity index (χ3v) is 10.2. The summed E-state index contributed by atoms with van der Waals surface area (Å²) in [5.41, 5.74) is 1.44. The van der Waals surface area contributed by atoms with E-state index in [0.717, 1.165) is 60.5 Å². The number of hydrogen-bond acceptors (Lipinski definition) is 8. The van der Waals surface area contributed by atoms with Crippen LogP contribution in [0.2, 0.25) is 0 Å². The van der Waals surface area contributed by atoms with E-state index in [1.54, 1.807) is 13.8 Å². The molecule has 8 nitrogen and oxygen atoms in total. The van der Waals surface area contributed by atoms with Crippen LogP contribution in [0.5, 0.6) is 0 Å². The monoisotopic (exact) mass is 735 g/mol. The maximum atomic E-state index is 12.2. The molecule has 0 rings (SSSR count). The summed E-state index contributed by atoms with van der Waals surface area (Å²) in [5.74, 6) is -0.785. The van der Waals surface area contributed by atoms with Gasteiger partial charge in [-0.2, -0.15) is 0 Å². The van der Waals surface area contributed by atoms with Gasteiger partial charge >= 0.3 is 23.9 Å². The molecule has 0 aliphatic carbocycles. The highest BCUT2D eigenvalue weighted by molar-refractivity contribution is 5.98. The number of aliphatic hydroxyl groups excluding tert-OH is 2. The molecule has 0 amide bonds. The third kappa shape index (κ3) is 27.3. The number of aliphatic hydroxyl groups is 2. The van der Waals surface area contributed by atoms with Crippen molar-refractivity contribution in [1.29, 1.82) is 0 Å². The molecule has 0 aromatic rings. The van der Waals surface area contributed by atoms with E-state index in [9.17, 15) is 29.4 Å². The zero-order valence-electron chi connectivity index (χ0n) is 34.8. The normalized spacial score (nSPS) is 16.0. The Kier molecular flexibility index (Phi) is 27.8. The van der Waals surface area contributed by atoms with Crippen LogP contribution in [0.1, 0.15) is 185 Å². The van der Waals surface area contributed by atoms with Gasteiger partial charge in [0.15, 0.2) is 12.2 Å². The van der Waals surface area contributed by atoms with E-state index < -0.39 is 36.1 Å². The lowest BCUT2D eigenvalue weighted by Crippen LogP contribution is -2.42. The van der Waals surface area contributed by atoms with Gasteiger partial charge in [0.25, 0.3) is 0 Å². The summed E-state index contributed by atoms with van der Waals surface area (Å²) < 4.78 is 9.24. The number of ether oxygens (including phenoxy) is 2. The summed E-state index contributed by atoms with van der Waals surface area (Å²) >= 11 is 0. The zero-order valence-corrected chi connectivity index (χ0v) is 34.8. The summed E-state index contributed by atoms with van der Waals surface area (Å²) in [5, 5.41) is 20.2. The van der Waals surface area contributed by atoms with Crippen molar-refractivity contribution in [3.63, 3.8) is 0 Å². The molecule has 0 heterocycles. The topological polar surface area (TPSA) is 127 Å². The summed E-state index contributed by atoms with van der Waals surface area (Å²) in [4.78, 5) is 49.0. The first-order valence-corrected chi connectivity index (χ1v) is 20.6. The molecule has 0 spiro atoms. The highest BCUT2D eigenvalue weighted by Crippen LogP contribution is 2.23. The third-order valence-electron chi connectivity index (χ3n) is 10.2. The minimum atomic E-state index is -2.38. The summed E-state index contributed by atoms with van der Waals surface area (Å²) in [7, 11) is 0. The van der Waals surface area contributed by atoms with Gasteiger partial charge in [0.2, 0.25) is 0 Å². The van der Waals surface area contributed by atoms with Gasteiger partial charge in [-0.25, -0.2) is 19.2 Å². The Morgan fingerprint density at radius 3 is 0.962 bits per heavy atom. The van der Waals surface area contributed by atoms with Gasteiger partial charge < -0.3 is 19.7 Å². The smallest absolute Gasteiger partial charge is 0.346 e. The first kappa shape index (κ1) is 49.7. The lowest BCUT2D eigenvalue weighted by atomic mass is 9.91. The molecule has 302 valence electrons. The van der Waals surface area contributed by atoms with Gasteiger partial charge in [-0.05, 0) is 75.0 Å². The maximum Gasteiger partial charge on any atom is 0.346 e. The van der Waals surface area contributed by atoms with E-state index in [1.807, 2.05) is 0 Å². The standard InChI is InChI=1S/C44H78O8/c1-31(2)17-11-19-33(5)21-13-23-35(7)25-15-27-37(9)29-39(45)51-43(49)41(47)42(48)44(50)52-40(46)30-38(10)28-16-26-36(8)24-14-22-34(6)20-12-18-32(3)4/h29-36,41-42,47-48H,11-28H2,1-10H3/b37-29+,38-30+/t33-,34-,35-,36-,41?,42?/m1/s1. The van der Waals surface area contributed by atoms with Crippen molar-refractivity contribution >= 4 is 23.9 Å². The van der Waals surface area contributed by atoms with Crippen molar-refractivity contribution in [3.8, 4) is 0 Å². The van der Waals surface area contributed by atoms with Crippen molar-refractivity contribution in [2.75, 3.05) is 0 Å². The lowest BCUT2D eigenvalue weighted by Gasteiger charge is -2.15. The van der Waals surface area contributed by atoms with Gasteiger partial charge in [-0.3, -0.25) is 0 Å². The molecular weight excluding hydrogens is 656 g/mol. The van der Waals surface area contributed by atoms with Gasteiger partial charge in [-0.1, -0.05) is 156 Å². The van der Waals surface area contributed by atoms with Crippen molar-refractivity contribution < 1.29 is 38.9 Å². The van der Waals surface area contributed by atoms with Crippen LogP contribution >= 0.6 is 0 Å². The van der Waals surface area contributed by atoms with Crippen molar-refractivity contribution in [1.82, 2.24) is 0 Å². The highest BCUT2D eigenvalue weighted by Gasteiger charge is 2.35. The maximum absolute atomic E-state index is 12.2. The molecule has 0 aromatic heterocycles. The Morgan fingerprint density at radius 1 is 0.442 bits per heavy atom. The first-order chi connectivity index (χ1) is 24.4. The quantitative estimate of drug-likeness (QED) is 0.0442. The zero-order chi connectivity index (χ0) is 39.6. The average Bonchev–Trinajstić information content (AvgIpc) is 3.03. The van der Waals surface area contributed by atoms with E-state index >= 15 is 0 Å². The fourth-order valence-electron chi connectivity index (χ4n) is 6.60. The minimum absolute atomic E-state index is 0.582. The number of carbonyl (C=O) groups excluding carboxylic acids is 4. The van der Waals surface area contributed by atoms with Crippen LogP contribution in [0.4, 0.5) is 0 Å². The summed E-state index contributed by atoms with van der Waals surface area (Å²) in [6.07, 6.45) is 17.8. The number of carbonyl (C=O) groups is 4. The Morgan fingerprint density at radius 2 is 0.692 bits per heavy atom. The van der Waals surface area contributed by atoms with Gasteiger partial charge in [0.1, 0.15) is 0 Å². The van der Waals surface area contributed by atoms with Crippen LogP contribution in [0.15, 0.2) is 23.3 Å². The van der Waals surface area contributed by atoms with Crippen molar-refractivity contribution in [3.05, 3.63) is 23.3 Å². The molecule has 8 heteroatoms. The highest BCUT2D eigenvalue weighted by atomic mass is 16.6. The molecule has 0 saturated carbocycles. The minimum Gasteiger partial charge on any atom is -0.388 e. The molecule has 52 heavy (non-hydrogen) atoms. The molecule has 6 atom stereocenters. The molecule has 2 unspecified atom stereocenters. The van der Waals surface area contributed by atoms with E-state index in [-0.39, 0.29) is 0 Å². The van der Waals surface area contributed by atoms with Crippen LogP contribution < -0.4 is 0 Å². The molecule has 0 aliphatic rings. The number of hydrogen-bond donors (Lipinski definition) is 2. The molecular formula is C44H78O8. The summed E-state index contributed by atoms with van der Waals surface area (Å²) in [6, 6.07) is 0. The number of rotatable bonds is 29. The predicted octanol–water partition coefficient (Wildman–Crippen LogP) is 10.6. The number of allylic oxidation sites excluding steroid dienone is 2. The molecule has 0 radical (unpaired) electrons. The van der Waals surface area contributed by atoms with Crippen LogP contribution in [-0.4, -0.2) is 46.3 Å². The average molecular weight is 735 g/mol. The Bertz CT molecular complexity index is 990. The van der Waals surface area contributed by atoms with Gasteiger partial charge in [0, 0.05) is 12.2 Å². The largest absolute Gasteiger partial charge is 0.388 e. The predicted molar refractivity (Wildman–Crippen MR) is 211 cm³/mol. The Balaban J connectivity index is 4.41. The summed E-state index contributed by atoms with van der Waals surface area (Å²) in [6.45, 7) is 21.8. The number of esters is 4. The molecule has 0 aromatic carbocycles. The second kappa shape index (κ2) is 29.1. The van der Waals surface area contributed by atoms with E-state index in [4.69, 9.17) is 0 Å². The van der Waals surface area contributed by atoms with E-state index in [1.165, 1.54) is 89.2 Å². The van der Waals surface area contributed by atoms with Crippen molar-refractivity contribution in [2.24, 2.45) is 35.5 Å². The van der Waals surface area contributed by atoms with Gasteiger partial charge in [0.05, 0.1) is 0 Å². The first-order valence-electron chi connectivity index (χ1n) is 20.6. The second-order valence-electron chi connectivity index (χ2n) is 17.1. The van der Waals surface area contributed by atoms with E-state index in [2.05, 4.69) is 64.9 Å². The lowest BCUT2D eigenvalue weighted by molar-refractivity contribution is -0.178. The molecule has 0 saturated heterocycles. The fraction of sp³-hybridized carbons (Fsp3) is 0.818. The molecule has 2 N–H and O–H groups in total. The molecule has 0 bridgehead atoms. The van der Waals surface area contributed by atoms with Crippen LogP contribution in [0, 0.1) is 35.5 Å². The Labute approximate surface area is 318 Å². The molecule has 0 aliphatic heterocycles. The Hall–Kier alpha value is -2.32. The van der Waals surface area contributed by atoms with Crippen molar-refractivity contribution in [2.45, 2.75) is 197 Å².